The molecule has 2 N–H and O–H groups in total. The molecule has 4 aromatic rings. The molecule has 0 bridgehead atoms. The van der Waals surface area contributed by atoms with Gasteiger partial charge in [-0.25, -0.2) is 13.8 Å². The number of rotatable bonds is 7. The number of imidazole rings is 1. The maximum atomic E-state index is 13.8. The lowest BCUT2D eigenvalue weighted by molar-refractivity contribution is -0.137. The molecule has 2 fully saturated rings. The smallest absolute Gasteiger partial charge is 0.325 e. The normalized spacial score (nSPS) is 23.1. The first kappa shape index (κ1) is 23.3. The van der Waals surface area contributed by atoms with Gasteiger partial charge in [0.2, 0.25) is 5.91 Å². The summed E-state index contributed by atoms with van der Waals surface area (Å²) in [4.78, 5) is 28.0. The number of hydrogen-bond acceptors (Lipinski definition) is 4. The number of carbonyl (C=O) groups is 2. The zero-order chi connectivity index (χ0) is 25.8. The van der Waals surface area contributed by atoms with E-state index in [0.717, 1.165) is 30.0 Å². The third-order valence-corrected chi connectivity index (χ3v) is 7.90. The van der Waals surface area contributed by atoms with Crippen molar-refractivity contribution < 1.29 is 23.5 Å². The van der Waals surface area contributed by atoms with Crippen LogP contribution in [0.1, 0.15) is 25.8 Å². The highest BCUT2D eigenvalue weighted by atomic mass is 19.2. The van der Waals surface area contributed by atoms with Crippen LogP contribution in [-0.2, 0) is 16.1 Å². The number of halogens is 2. The van der Waals surface area contributed by atoms with E-state index in [9.17, 15) is 18.4 Å². The third kappa shape index (κ3) is 4.26. The fraction of sp³-hybridized carbons (Fsp3) is 0.333. The van der Waals surface area contributed by atoms with E-state index < -0.39 is 17.6 Å². The maximum absolute atomic E-state index is 13.8. The van der Waals surface area contributed by atoms with Gasteiger partial charge in [-0.3, -0.25) is 14.3 Å². The zero-order valence-electron chi connectivity index (χ0n) is 20.0. The summed E-state index contributed by atoms with van der Waals surface area (Å²) in [6.45, 7) is 1.76. The fourth-order valence-electron chi connectivity index (χ4n) is 6.06. The molecule has 1 amide bonds. The van der Waals surface area contributed by atoms with Crippen LogP contribution in [0.15, 0.2) is 55.1 Å². The van der Waals surface area contributed by atoms with Gasteiger partial charge in [-0.15, -0.1) is 0 Å². The molecule has 0 unspecified atom stereocenters. The average molecular weight is 506 g/mol. The Morgan fingerprint density at radius 1 is 1.11 bits per heavy atom. The molecule has 0 radical (unpaired) electrons. The van der Waals surface area contributed by atoms with Gasteiger partial charge in [-0.1, -0.05) is 19.1 Å². The molecular formula is C27H25F2N5O3. The molecule has 2 heterocycles. The van der Waals surface area contributed by atoms with Crippen LogP contribution >= 0.6 is 0 Å². The van der Waals surface area contributed by atoms with Crippen LogP contribution in [0.25, 0.3) is 22.2 Å². The number of nitrogens with zero attached hydrogens (tertiary/aromatic N) is 4. The summed E-state index contributed by atoms with van der Waals surface area (Å²) >= 11 is 0. The molecule has 0 saturated heterocycles. The Hall–Kier alpha value is -4.08. The first-order valence-electron chi connectivity index (χ1n) is 12.3. The number of amides is 1. The Bertz CT molecular complexity index is 1500. The van der Waals surface area contributed by atoms with Crippen LogP contribution in [0.4, 0.5) is 14.5 Å². The van der Waals surface area contributed by atoms with Crippen LogP contribution in [0, 0.1) is 35.3 Å². The summed E-state index contributed by atoms with van der Waals surface area (Å²) < 4.78 is 30.6. The molecule has 8 nitrogen and oxygen atoms in total. The van der Waals surface area contributed by atoms with Crippen LogP contribution in [-0.4, -0.2) is 36.3 Å². The molecule has 0 aliphatic heterocycles. The van der Waals surface area contributed by atoms with Crippen molar-refractivity contribution in [2.75, 3.05) is 5.32 Å². The highest BCUT2D eigenvalue weighted by Gasteiger charge is 2.59. The predicted molar refractivity (Wildman–Crippen MR) is 131 cm³/mol. The third-order valence-electron chi connectivity index (χ3n) is 7.90. The van der Waals surface area contributed by atoms with Crippen molar-refractivity contribution in [2.45, 2.75) is 32.4 Å². The van der Waals surface area contributed by atoms with Gasteiger partial charge in [0.1, 0.15) is 6.54 Å². The van der Waals surface area contributed by atoms with Gasteiger partial charge < -0.3 is 15.0 Å². The SMILES string of the molecule is C[C@H](C(=O)Nc1ccc(-c2cnn(CC(=O)O)c2)cc1)[C@H]1[C@@H]2C[C@@H](n3cnc4cc(F)c(F)cc43)C[C@@H]21. The lowest BCUT2D eigenvalue weighted by Crippen LogP contribution is -2.24. The Kier molecular flexibility index (Phi) is 5.54. The highest BCUT2D eigenvalue weighted by Crippen LogP contribution is 2.64. The number of benzene rings is 2. The largest absolute Gasteiger partial charge is 0.480 e. The maximum Gasteiger partial charge on any atom is 0.325 e. The van der Waals surface area contributed by atoms with Gasteiger partial charge in [0.15, 0.2) is 11.6 Å². The van der Waals surface area contributed by atoms with Crippen molar-refractivity contribution in [2.24, 2.45) is 23.7 Å². The average Bonchev–Trinajstić information content (AvgIpc) is 3.27. The van der Waals surface area contributed by atoms with E-state index >= 15 is 0 Å². The molecular weight excluding hydrogens is 480 g/mol. The molecule has 190 valence electrons. The second kappa shape index (κ2) is 8.79. The molecule has 2 aliphatic rings. The topological polar surface area (TPSA) is 102 Å². The number of carboxylic acid groups (broad SMARTS) is 1. The zero-order valence-corrected chi connectivity index (χ0v) is 20.0. The number of fused-ring (bicyclic) bond motifs is 2. The van der Waals surface area contributed by atoms with Crippen LogP contribution in [0.2, 0.25) is 0 Å². The highest BCUT2D eigenvalue weighted by molar-refractivity contribution is 5.93. The molecule has 6 rings (SSSR count). The number of aromatic nitrogens is 4. The summed E-state index contributed by atoms with van der Waals surface area (Å²) in [6, 6.07) is 9.89. The van der Waals surface area contributed by atoms with Gasteiger partial charge in [-0.2, -0.15) is 5.10 Å². The summed E-state index contributed by atoms with van der Waals surface area (Å²) in [5, 5.41) is 16.0. The number of anilines is 1. The molecule has 0 spiro atoms. The Labute approximate surface area is 210 Å². The second-order valence-electron chi connectivity index (χ2n) is 10.1. The number of carboxylic acids is 1. The van der Waals surface area contributed by atoms with Crippen LogP contribution < -0.4 is 5.32 Å². The lowest BCUT2D eigenvalue weighted by Gasteiger charge is -2.20. The minimum absolute atomic E-state index is 0.0244. The molecule has 37 heavy (non-hydrogen) atoms. The summed E-state index contributed by atoms with van der Waals surface area (Å²) in [7, 11) is 0. The van der Waals surface area contributed by atoms with E-state index in [-0.39, 0.29) is 24.4 Å². The molecule has 2 aromatic heterocycles. The quantitative estimate of drug-likeness (QED) is 0.378. The van der Waals surface area contributed by atoms with Gasteiger partial charge in [0.05, 0.1) is 23.6 Å². The van der Waals surface area contributed by atoms with Crippen LogP contribution in [0.3, 0.4) is 0 Å². The van der Waals surface area contributed by atoms with Gasteiger partial charge in [-0.05, 0) is 48.3 Å². The Morgan fingerprint density at radius 2 is 1.81 bits per heavy atom. The number of nitrogens with one attached hydrogen (secondary N) is 1. The fourth-order valence-corrected chi connectivity index (χ4v) is 6.06. The molecule has 2 aromatic carbocycles. The summed E-state index contributed by atoms with van der Waals surface area (Å²) in [5.41, 5.74) is 3.42. The van der Waals surface area contributed by atoms with Crippen molar-refractivity contribution in [3.05, 3.63) is 66.8 Å². The van der Waals surface area contributed by atoms with Crippen LogP contribution in [0.5, 0.6) is 0 Å². The van der Waals surface area contributed by atoms with E-state index in [1.807, 2.05) is 35.8 Å². The predicted octanol–water partition coefficient (Wildman–Crippen LogP) is 4.73. The van der Waals surface area contributed by atoms with E-state index in [1.54, 1.807) is 18.7 Å². The minimum Gasteiger partial charge on any atom is -0.480 e. The molecule has 10 heteroatoms. The number of hydrogen-bond donors (Lipinski definition) is 2. The van der Waals surface area contributed by atoms with Crippen molar-refractivity contribution in [3.63, 3.8) is 0 Å². The van der Waals surface area contributed by atoms with Crippen molar-refractivity contribution in [1.29, 1.82) is 0 Å². The standard InChI is InChI=1S/C27H25F2N5O3/c1-14(27(37)32-17-4-2-15(3-5-17)16-10-31-33(11-16)12-25(35)36)26-19-6-18(7-20(19)26)34-13-30-23-8-21(28)22(29)9-24(23)34/h2-5,8-11,13-14,18-20,26H,6-7,12H2,1H3,(H,32,37)(H,35,36)/t14-,18-,19-,20+,26+/m0/s1. The number of carbonyl (C=O) groups excluding carboxylic acids is 1. The van der Waals surface area contributed by atoms with Crippen molar-refractivity contribution in [1.82, 2.24) is 19.3 Å². The van der Waals surface area contributed by atoms with Crippen molar-refractivity contribution in [3.8, 4) is 11.1 Å². The minimum atomic E-state index is -0.959. The number of aliphatic carboxylic acids is 1. The van der Waals surface area contributed by atoms with Gasteiger partial charge in [0.25, 0.3) is 0 Å². The van der Waals surface area contributed by atoms with Gasteiger partial charge >= 0.3 is 5.97 Å². The van der Waals surface area contributed by atoms with Crippen molar-refractivity contribution >= 4 is 28.6 Å². The summed E-state index contributed by atoms with van der Waals surface area (Å²) in [5.74, 6) is -1.73. The first-order valence-corrected chi connectivity index (χ1v) is 12.3. The van der Waals surface area contributed by atoms with E-state index in [4.69, 9.17) is 5.11 Å². The molecule has 2 saturated carbocycles. The van der Waals surface area contributed by atoms with E-state index in [1.165, 1.54) is 10.7 Å². The summed E-state index contributed by atoms with van der Waals surface area (Å²) in [6.07, 6.45) is 6.72. The van der Waals surface area contributed by atoms with E-state index in [0.29, 0.717) is 34.5 Å². The Morgan fingerprint density at radius 3 is 2.51 bits per heavy atom. The Balaban J connectivity index is 1.06. The molecule has 2 aliphatic carbocycles. The lowest BCUT2D eigenvalue weighted by atomic mass is 9.96. The first-order chi connectivity index (χ1) is 17.8. The molecule has 5 atom stereocenters. The van der Waals surface area contributed by atoms with Gasteiger partial charge in [0, 0.05) is 41.5 Å². The monoisotopic (exact) mass is 505 g/mol. The van der Waals surface area contributed by atoms with E-state index in [2.05, 4.69) is 15.4 Å². The second-order valence-corrected chi connectivity index (χ2v) is 10.1.